The van der Waals surface area contributed by atoms with Crippen LogP contribution in [0.5, 0.6) is 5.75 Å². The zero-order valence-electron chi connectivity index (χ0n) is 20.1. The first-order chi connectivity index (χ1) is 16.3. The van der Waals surface area contributed by atoms with Crippen LogP contribution >= 0.6 is 0 Å². The molecule has 2 heterocycles. The van der Waals surface area contributed by atoms with Crippen molar-refractivity contribution in [1.29, 1.82) is 0 Å². The number of benzene rings is 1. The molecule has 0 radical (unpaired) electrons. The molecule has 1 atom stereocenters. The van der Waals surface area contributed by atoms with Crippen LogP contribution in [0, 0.1) is 19.8 Å². The van der Waals surface area contributed by atoms with Gasteiger partial charge in [0, 0.05) is 30.6 Å². The van der Waals surface area contributed by atoms with Crippen LogP contribution in [-0.4, -0.2) is 28.0 Å². The third-order valence-corrected chi connectivity index (χ3v) is 5.53. The summed E-state index contributed by atoms with van der Waals surface area (Å²) >= 11 is 0. The number of aromatic nitrogens is 2. The Balaban J connectivity index is 1.60. The number of aryl methyl sites for hydroxylation is 2. The predicted octanol–water partition coefficient (Wildman–Crippen LogP) is 4.23. The van der Waals surface area contributed by atoms with Gasteiger partial charge in [0.2, 0.25) is 5.91 Å². The number of ether oxygens (including phenoxy) is 1. The van der Waals surface area contributed by atoms with Gasteiger partial charge < -0.3 is 14.6 Å². The van der Waals surface area contributed by atoms with Gasteiger partial charge in [-0.05, 0) is 55.0 Å². The average molecular weight is 462 g/mol. The summed E-state index contributed by atoms with van der Waals surface area (Å²) in [6, 6.07) is 12.0. The lowest BCUT2D eigenvalue weighted by Crippen LogP contribution is -2.38. The first-order valence-corrected chi connectivity index (χ1v) is 11.4. The molecule has 0 aliphatic heterocycles. The molecule has 3 aromatic rings. The third kappa shape index (κ3) is 6.41. The second-order valence-electron chi connectivity index (χ2n) is 8.78. The SMILES string of the molecule is Cc1cccc(C)c1-c1cncc(OC(=O)CCNC(=O)C(CC(C)C)n2ccccc2=O)c1. The van der Waals surface area contributed by atoms with Crippen molar-refractivity contribution in [3.05, 3.63) is 82.5 Å². The lowest BCUT2D eigenvalue weighted by atomic mass is 9.97. The summed E-state index contributed by atoms with van der Waals surface area (Å²) in [6.07, 6.45) is 5.36. The summed E-state index contributed by atoms with van der Waals surface area (Å²) in [5.41, 5.74) is 3.92. The Hall–Kier alpha value is -3.74. The maximum absolute atomic E-state index is 12.8. The highest BCUT2D eigenvalue weighted by Gasteiger charge is 2.22. The van der Waals surface area contributed by atoms with Gasteiger partial charge in [-0.25, -0.2) is 0 Å². The van der Waals surface area contributed by atoms with Crippen molar-refractivity contribution in [2.75, 3.05) is 6.54 Å². The van der Waals surface area contributed by atoms with Crippen molar-refractivity contribution in [1.82, 2.24) is 14.9 Å². The fourth-order valence-corrected chi connectivity index (χ4v) is 3.96. The van der Waals surface area contributed by atoms with Crippen LogP contribution < -0.4 is 15.6 Å². The fourth-order valence-electron chi connectivity index (χ4n) is 3.96. The van der Waals surface area contributed by atoms with Crippen molar-refractivity contribution in [2.45, 2.75) is 46.6 Å². The molecule has 0 saturated heterocycles. The number of carbonyl (C=O) groups is 2. The van der Waals surface area contributed by atoms with E-state index < -0.39 is 12.0 Å². The molecular weight excluding hydrogens is 430 g/mol. The average Bonchev–Trinajstić information content (AvgIpc) is 2.78. The Kier molecular flexibility index (Phi) is 8.35. The molecule has 0 spiro atoms. The van der Waals surface area contributed by atoms with Crippen molar-refractivity contribution < 1.29 is 14.3 Å². The van der Waals surface area contributed by atoms with E-state index in [9.17, 15) is 14.4 Å². The van der Waals surface area contributed by atoms with E-state index in [-0.39, 0.29) is 30.3 Å². The Morgan fingerprint density at radius 3 is 2.47 bits per heavy atom. The number of esters is 1. The topological polar surface area (TPSA) is 90.3 Å². The van der Waals surface area contributed by atoms with Crippen LogP contribution in [0.15, 0.2) is 65.8 Å². The van der Waals surface area contributed by atoms with Gasteiger partial charge in [-0.1, -0.05) is 38.1 Å². The van der Waals surface area contributed by atoms with E-state index in [4.69, 9.17) is 4.74 Å². The van der Waals surface area contributed by atoms with Gasteiger partial charge in [0.1, 0.15) is 11.8 Å². The molecule has 0 saturated carbocycles. The molecule has 0 bridgehead atoms. The summed E-state index contributed by atoms with van der Waals surface area (Å²) in [4.78, 5) is 41.6. The van der Waals surface area contributed by atoms with Crippen molar-refractivity contribution in [2.24, 2.45) is 5.92 Å². The molecule has 0 aliphatic carbocycles. The molecule has 1 aromatic carbocycles. The number of hydrogen-bond acceptors (Lipinski definition) is 5. The molecular formula is C27H31N3O4. The normalized spacial score (nSPS) is 11.8. The minimum absolute atomic E-state index is 0.00253. The second-order valence-corrected chi connectivity index (χ2v) is 8.78. The van der Waals surface area contributed by atoms with Gasteiger partial charge in [0.15, 0.2) is 0 Å². The summed E-state index contributed by atoms with van der Waals surface area (Å²) in [7, 11) is 0. The van der Waals surface area contributed by atoms with E-state index in [1.807, 2.05) is 45.9 Å². The minimum atomic E-state index is -0.636. The maximum Gasteiger partial charge on any atom is 0.313 e. The molecule has 7 nitrogen and oxygen atoms in total. The van der Waals surface area contributed by atoms with Gasteiger partial charge >= 0.3 is 5.97 Å². The van der Waals surface area contributed by atoms with E-state index in [0.29, 0.717) is 12.2 Å². The number of amides is 1. The summed E-state index contributed by atoms with van der Waals surface area (Å²) in [5.74, 6) is -0.207. The van der Waals surface area contributed by atoms with Gasteiger partial charge in [0.25, 0.3) is 5.56 Å². The molecule has 0 fully saturated rings. The zero-order chi connectivity index (χ0) is 24.7. The zero-order valence-corrected chi connectivity index (χ0v) is 20.1. The molecule has 1 amide bonds. The first-order valence-electron chi connectivity index (χ1n) is 11.4. The summed E-state index contributed by atoms with van der Waals surface area (Å²) < 4.78 is 6.89. The largest absolute Gasteiger partial charge is 0.425 e. The number of pyridine rings is 2. The van der Waals surface area contributed by atoms with E-state index in [2.05, 4.69) is 10.3 Å². The molecule has 7 heteroatoms. The standard InChI is InChI=1S/C27H31N3O4/c1-18(2)14-23(30-13-6-5-10-24(30)31)27(33)29-12-11-25(32)34-22-15-21(16-28-17-22)26-19(3)8-7-9-20(26)4/h5-10,13,15-18,23H,11-12,14H2,1-4H3,(H,29,33). The Morgan fingerprint density at radius 2 is 1.79 bits per heavy atom. The van der Waals surface area contributed by atoms with Crippen LogP contribution in [0.25, 0.3) is 11.1 Å². The van der Waals surface area contributed by atoms with Gasteiger partial charge in [0.05, 0.1) is 12.6 Å². The van der Waals surface area contributed by atoms with E-state index in [0.717, 1.165) is 22.3 Å². The molecule has 1 N–H and O–H groups in total. The number of carbonyl (C=O) groups excluding carboxylic acids is 2. The Morgan fingerprint density at radius 1 is 1.06 bits per heavy atom. The number of rotatable bonds is 9. The van der Waals surface area contributed by atoms with E-state index >= 15 is 0 Å². The highest BCUT2D eigenvalue weighted by atomic mass is 16.5. The van der Waals surface area contributed by atoms with Crippen LogP contribution in [0.4, 0.5) is 0 Å². The number of hydrogen-bond donors (Lipinski definition) is 1. The Bertz CT molecular complexity index is 1200. The lowest BCUT2D eigenvalue weighted by molar-refractivity contribution is -0.134. The lowest BCUT2D eigenvalue weighted by Gasteiger charge is -2.21. The van der Waals surface area contributed by atoms with Gasteiger partial charge in [-0.3, -0.25) is 19.4 Å². The molecule has 1 unspecified atom stereocenters. The summed E-state index contributed by atoms with van der Waals surface area (Å²) in [5, 5.41) is 2.77. The number of nitrogens with zero attached hydrogens (tertiary/aromatic N) is 2. The Labute approximate surface area is 199 Å². The molecule has 178 valence electrons. The van der Waals surface area contributed by atoms with E-state index in [1.165, 1.54) is 16.8 Å². The minimum Gasteiger partial charge on any atom is -0.425 e. The van der Waals surface area contributed by atoms with Crippen LogP contribution in [0.2, 0.25) is 0 Å². The van der Waals surface area contributed by atoms with Crippen LogP contribution in [0.3, 0.4) is 0 Å². The van der Waals surface area contributed by atoms with Gasteiger partial charge in [-0.15, -0.1) is 0 Å². The third-order valence-electron chi connectivity index (χ3n) is 5.53. The molecule has 34 heavy (non-hydrogen) atoms. The van der Waals surface area contributed by atoms with Gasteiger partial charge in [-0.2, -0.15) is 0 Å². The van der Waals surface area contributed by atoms with E-state index in [1.54, 1.807) is 30.6 Å². The first kappa shape index (κ1) is 24.9. The highest BCUT2D eigenvalue weighted by molar-refractivity contribution is 5.81. The maximum atomic E-state index is 12.8. The van der Waals surface area contributed by atoms with Crippen molar-refractivity contribution in [3.8, 4) is 16.9 Å². The molecule has 2 aromatic heterocycles. The highest BCUT2D eigenvalue weighted by Crippen LogP contribution is 2.28. The van der Waals surface area contributed by atoms with Crippen LogP contribution in [-0.2, 0) is 9.59 Å². The second kappa shape index (κ2) is 11.4. The van der Waals surface area contributed by atoms with Crippen LogP contribution in [0.1, 0.15) is 43.9 Å². The fraction of sp³-hybridized carbons (Fsp3) is 0.333. The number of nitrogens with one attached hydrogen (secondary N) is 1. The predicted molar refractivity (Wildman–Crippen MR) is 132 cm³/mol. The van der Waals surface area contributed by atoms with Crippen molar-refractivity contribution >= 4 is 11.9 Å². The summed E-state index contributed by atoms with van der Waals surface area (Å²) in [6.45, 7) is 8.15. The van der Waals surface area contributed by atoms with Crippen molar-refractivity contribution in [3.63, 3.8) is 0 Å². The monoisotopic (exact) mass is 461 g/mol. The smallest absolute Gasteiger partial charge is 0.313 e. The molecule has 3 rings (SSSR count). The molecule has 0 aliphatic rings. The quantitative estimate of drug-likeness (QED) is 0.482.